The number of hydrogen-bond donors (Lipinski definition) is 0. The fourth-order valence-corrected chi connectivity index (χ4v) is 3.21. The zero-order valence-corrected chi connectivity index (χ0v) is 12.0. The monoisotopic (exact) mass is 250 g/mol. The molecule has 0 radical (unpaired) electrons. The highest BCUT2D eigenvalue weighted by atomic mass is 16.1. The number of allylic oxidation sites excluding steroid dienone is 1. The van der Waals surface area contributed by atoms with Gasteiger partial charge in [-0.15, -0.1) is 0 Å². The van der Waals surface area contributed by atoms with Crippen LogP contribution in [0.2, 0.25) is 0 Å². The smallest absolute Gasteiger partial charge is 0.158 e. The van der Waals surface area contributed by atoms with Crippen LogP contribution in [0, 0.1) is 5.92 Å². The summed E-state index contributed by atoms with van der Waals surface area (Å²) < 4.78 is 0. The summed E-state index contributed by atoms with van der Waals surface area (Å²) in [6, 6.07) is 0.556. The first-order valence-corrected chi connectivity index (χ1v) is 7.07. The average molecular weight is 250 g/mol. The Kier molecular flexibility index (Phi) is 3.93. The van der Waals surface area contributed by atoms with Crippen molar-refractivity contribution in [1.82, 2.24) is 9.80 Å². The molecule has 2 aliphatic heterocycles. The highest BCUT2D eigenvalue weighted by molar-refractivity contribution is 5.91. The molecule has 0 N–H and O–H groups in total. The van der Waals surface area contributed by atoms with E-state index in [1.165, 1.54) is 6.08 Å². The molecule has 0 aromatic heterocycles. The molecule has 0 spiro atoms. The summed E-state index contributed by atoms with van der Waals surface area (Å²) in [5, 5.41) is 0. The van der Waals surface area contributed by atoms with E-state index in [-0.39, 0.29) is 17.2 Å². The Balaban J connectivity index is 2.00. The molecule has 2 fully saturated rings. The minimum Gasteiger partial charge on any atom is -0.298 e. The van der Waals surface area contributed by atoms with Crippen molar-refractivity contribution in [3.8, 4) is 0 Å². The molecule has 2 rings (SSSR count). The van der Waals surface area contributed by atoms with E-state index in [1.54, 1.807) is 0 Å². The molecule has 0 aliphatic carbocycles. The van der Waals surface area contributed by atoms with Gasteiger partial charge in [0.15, 0.2) is 5.78 Å². The van der Waals surface area contributed by atoms with Gasteiger partial charge in [0.1, 0.15) is 0 Å². The van der Waals surface area contributed by atoms with Gasteiger partial charge in [0, 0.05) is 37.1 Å². The van der Waals surface area contributed by atoms with Crippen LogP contribution in [0.5, 0.6) is 0 Å². The van der Waals surface area contributed by atoms with Gasteiger partial charge in [-0.05, 0) is 46.2 Å². The zero-order valence-electron chi connectivity index (χ0n) is 12.0. The number of carbonyl (C=O) groups is 1. The van der Waals surface area contributed by atoms with Crippen molar-refractivity contribution in [1.29, 1.82) is 0 Å². The van der Waals surface area contributed by atoms with Crippen LogP contribution in [0.25, 0.3) is 0 Å². The van der Waals surface area contributed by atoms with Crippen LogP contribution in [0.1, 0.15) is 33.6 Å². The van der Waals surface area contributed by atoms with Gasteiger partial charge in [0.05, 0.1) is 0 Å². The number of fused-ring (bicyclic) bond motifs is 1. The van der Waals surface area contributed by atoms with Gasteiger partial charge in [-0.1, -0.05) is 6.58 Å². The number of piperidine rings is 1. The molecule has 0 bridgehead atoms. The van der Waals surface area contributed by atoms with Crippen LogP contribution < -0.4 is 0 Å². The van der Waals surface area contributed by atoms with E-state index in [0.717, 1.165) is 39.0 Å². The predicted octanol–water partition coefficient (Wildman–Crippen LogP) is 1.94. The SMILES string of the molecule is C=CC(=O)C1CCN2CCN(C(C)(C)C)CC2C1. The van der Waals surface area contributed by atoms with Crippen LogP contribution in [-0.4, -0.2) is 53.3 Å². The minimum absolute atomic E-state index is 0.212. The summed E-state index contributed by atoms with van der Waals surface area (Å²) in [7, 11) is 0. The van der Waals surface area contributed by atoms with Crippen molar-refractivity contribution in [3.63, 3.8) is 0 Å². The van der Waals surface area contributed by atoms with Gasteiger partial charge in [0.25, 0.3) is 0 Å². The Morgan fingerprint density at radius 3 is 2.61 bits per heavy atom. The molecule has 18 heavy (non-hydrogen) atoms. The van der Waals surface area contributed by atoms with Crippen molar-refractivity contribution >= 4 is 5.78 Å². The molecule has 2 heterocycles. The Hall–Kier alpha value is -0.670. The van der Waals surface area contributed by atoms with Crippen LogP contribution >= 0.6 is 0 Å². The Labute approximate surface area is 111 Å². The van der Waals surface area contributed by atoms with Gasteiger partial charge >= 0.3 is 0 Å². The zero-order chi connectivity index (χ0) is 13.3. The van der Waals surface area contributed by atoms with Crippen LogP contribution in [0.3, 0.4) is 0 Å². The van der Waals surface area contributed by atoms with Crippen LogP contribution in [-0.2, 0) is 4.79 Å². The Morgan fingerprint density at radius 1 is 1.28 bits per heavy atom. The van der Waals surface area contributed by atoms with Gasteiger partial charge in [-0.2, -0.15) is 0 Å². The number of hydrogen-bond acceptors (Lipinski definition) is 3. The average Bonchev–Trinajstić information content (AvgIpc) is 2.35. The van der Waals surface area contributed by atoms with E-state index in [4.69, 9.17) is 0 Å². The first-order chi connectivity index (χ1) is 8.41. The molecule has 0 saturated carbocycles. The maximum atomic E-state index is 11.8. The van der Waals surface area contributed by atoms with Crippen molar-refractivity contribution in [2.24, 2.45) is 5.92 Å². The van der Waals surface area contributed by atoms with Crippen molar-refractivity contribution < 1.29 is 4.79 Å². The number of rotatable bonds is 2. The lowest BCUT2D eigenvalue weighted by Gasteiger charge is -2.49. The molecule has 2 saturated heterocycles. The number of piperazine rings is 1. The predicted molar refractivity (Wildman–Crippen MR) is 74.6 cm³/mol. The Morgan fingerprint density at radius 2 is 2.00 bits per heavy atom. The van der Waals surface area contributed by atoms with E-state index in [0.29, 0.717) is 6.04 Å². The molecule has 102 valence electrons. The summed E-state index contributed by atoms with van der Waals surface area (Å²) >= 11 is 0. The maximum absolute atomic E-state index is 11.8. The van der Waals surface area contributed by atoms with Gasteiger partial charge in [-0.3, -0.25) is 14.6 Å². The Bertz CT molecular complexity index is 332. The number of carbonyl (C=O) groups excluding carboxylic acids is 1. The molecule has 2 unspecified atom stereocenters. The lowest BCUT2D eigenvalue weighted by Crippen LogP contribution is -2.60. The molecular formula is C15H26N2O. The highest BCUT2D eigenvalue weighted by Gasteiger charge is 2.37. The van der Waals surface area contributed by atoms with E-state index >= 15 is 0 Å². The van der Waals surface area contributed by atoms with Crippen LogP contribution in [0.4, 0.5) is 0 Å². The van der Waals surface area contributed by atoms with Gasteiger partial charge < -0.3 is 0 Å². The van der Waals surface area contributed by atoms with Crippen molar-refractivity contribution in [3.05, 3.63) is 12.7 Å². The second-order valence-corrected chi connectivity index (χ2v) is 6.63. The summed E-state index contributed by atoms with van der Waals surface area (Å²) in [4.78, 5) is 16.9. The molecule has 0 aromatic rings. The molecule has 0 aromatic carbocycles. The lowest BCUT2D eigenvalue weighted by molar-refractivity contribution is -0.121. The molecular weight excluding hydrogens is 224 g/mol. The van der Waals surface area contributed by atoms with E-state index in [2.05, 4.69) is 37.1 Å². The van der Waals surface area contributed by atoms with Gasteiger partial charge in [0.2, 0.25) is 0 Å². The van der Waals surface area contributed by atoms with Crippen molar-refractivity contribution in [2.45, 2.75) is 45.2 Å². The minimum atomic E-state index is 0.212. The van der Waals surface area contributed by atoms with Gasteiger partial charge in [-0.25, -0.2) is 0 Å². The highest BCUT2D eigenvalue weighted by Crippen LogP contribution is 2.29. The van der Waals surface area contributed by atoms with Crippen LogP contribution in [0.15, 0.2) is 12.7 Å². The molecule has 3 nitrogen and oxygen atoms in total. The molecule has 2 aliphatic rings. The summed E-state index contributed by atoms with van der Waals surface area (Å²) in [6.45, 7) is 14.9. The molecule has 0 amide bonds. The molecule has 3 heteroatoms. The first-order valence-electron chi connectivity index (χ1n) is 7.07. The quantitative estimate of drug-likeness (QED) is 0.700. The van der Waals surface area contributed by atoms with Crippen molar-refractivity contribution in [2.75, 3.05) is 26.2 Å². The topological polar surface area (TPSA) is 23.6 Å². The summed E-state index contributed by atoms with van der Waals surface area (Å²) in [6.07, 6.45) is 3.53. The maximum Gasteiger partial charge on any atom is 0.158 e. The standard InChI is InChI=1S/C15H26N2O/c1-5-14(18)12-6-7-16-8-9-17(15(2,3)4)11-13(16)10-12/h5,12-13H,1,6-11H2,2-4H3. The second kappa shape index (κ2) is 5.14. The van der Waals surface area contributed by atoms with E-state index in [9.17, 15) is 4.79 Å². The third kappa shape index (κ3) is 2.83. The third-order valence-electron chi connectivity index (χ3n) is 4.48. The fraction of sp³-hybridized carbons (Fsp3) is 0.800. The molecule has 2 atom stereocenters. The summed E-state index contributed by atoms with van der Waals surface area (Å²) in [5.41, 5.74) is 0.238. The summed E-state index contributed by atoms with van der Waals surface area (Å²) in [5.74, 6) is 0.450. The third-order valence-corrected chi connectivity index (χ3v) is 4.48. The first kappa shape index (κ1) is 13.8. The number of nitrogens with zero attached hydrogens (tertiary/aromatic N) is 2. The largest absolute Gasteiger partial charge is 0.298 e. The van der Waals surface area contributed by atoms with E-state index < -0.39 is 0 Å². The lowest BCUT2D eigenvalue weighted by atomic mass is 9.85. The second-order valence-electron chi connectivity index (χ2n) is 6.63. The fourth-order valence-electron chi connectivity index (χ4n) is 3.21. The normalized spacial score (nSPS) is 30.8. The van der Waals surface area contributed by atoms with E-state index in [1.807, 2.05) is 0 Å². The number of ketones is 1.